The summed E-state index contributed by atoms with van der Waals surface area (Å²) in [4.78, 5) is 28.6. The molecule has 0 saturated carbocycles. The number of ether oxygens (including phenoxy) is 3. The van der Waals surface area contributed by atoms with Crippen molar-refractivity contribution in [3.63, 3.8) is 0 Å². The highest BCUT2D eigenvalue weighted by atomic mass is 16.6. The Hall–Kier alpha value is -3.09. The highest BCUT2D eigenvalue weighted by molar-refractivity contribution is 6.03. The van der Waals surface area contributed by atoms with Gasteiger partial charge in [-0.25, -0.2) is 9.78 Å². The molecular weight excluding hydrogens is 312 g/mol. The lowest BCUT2D eigenvalue weighted by atomic mass is 10.0. The molecule has 1 amide bonds. The Morgan fingerprint density at radius 3 is 2.96 bits per heavy atom. The van der Waals surface area contributed by atoms with E-state index in [1.165, 1.54) is 7.11 Å². The number of amides is 1. The molecule has 1 unspecified atom stereocenters. The Kier molecular flexibility index (Phi) is 4.60. The monoisotopic (exact) mass is 328 g/mol. The van der Waals surface area contributed by atoms with Crippen LogP contribution in [0.5, 0.6) is 11.5 Å². The lowest BCUT2D eigenvalue weighted by Gasteiger charge is -2.14. The van der Waals surface area contributed by atoms with Crippen LogP contribution < -0.4 is 14.8 Å². The number of nitrogens with one attached hydrogen (secondary N) is 1. The summed E-state index contributed by atoms with van der Waals surface area (Å²) in [5.74, 6) is 1.01. The number of benzene rings is 1. The van der Waals surface area contributed by atoms with E-state index in [1.54, 1.807) is 42.6 Å². The Morgan fingerprint density at radius 2 is 2.21 bits per heavy atom. The zero-order chi connectivity index (χ0) is 16.9. The number of methoxy groups -OCH3 is 1. The second kappa shape index (κ2) is 6.99. The molecule has 0 saturated heterocycles. The van der Waals surface area contributed by atoms with E-state index in [-0.39, 0.29) is 18.8 Å². The first-order valence-electron chi connectivity index (χ1n) is 7.41. The molecule has 0 radical (unpaired) electrons. The van der Waals surface area contributed by atoms with Gasteiger partial charge in [0.05, 0.1) is 19.3 Å². The zero-order valence-electron chi connectivity index (χ0n) is 13.0. The Bertz CT molecular complexity index is 748. The number of anilines is 1. The van der Waals surface area contributed by atoms with Gasteiger partial charge in [-0.2, -0.15) is 0 Å². The molecule has 1 aliphatic rings. The Balaban J connectivity index is 1.74. The number of hydrogen-bond donors (Lipinski definition) is 1. The summed E-state index contributed by atoms with van der Waals surface area (Å²) in [6, 6.07) is 10.0. The largest absolute Gasteiger partial charge is 0.497 e. The molecule has 7 heteroatoms. The topological polar surface area (TPSA) is 86.8 Å². The fourth-order valence-corrected chi connectivity index (χ4v) is 2.35. The fourth-order valence-electron chi connectivity index (χ4n) is 2.35. The van der Waals surface area contributed by atoms with Crippen LogP contribution in [0.4, 0.5) is 10.6 Å². The van der Waals surface area contributed by atoms with Gasteiger partial charge >= 0.3 is 6.09 Å². The Labute approximate surface area is 138 Å². The molecule has 1 atom stereocenters. The summed E-state index contributed by atoms with van der Waals surface area (Å²) >= 11 is 0. The van der Waals surface area contributed by atoms with Crippen LogP contribution in [-0.4, -0.2) is 36.7 Å². The molecule has 1 N–H and O–H groups in total. The second-order valence-electron chi connectivity index (χ2n) is 5.10. The lowest BCUT2D eigenvalue weighted by molar-refractivity contribution is 0.0637. The molecule has 2 heterocycles. The van der Waals surface area contributed by atoms with Crippen LogP contribution in [0.1, 0.15) is 16.8 Å². The van der Waals surface area contributed by atoms with Gasteiger partial charge < -0.3 is 14.2 Å². The summed E-state index contributed by atoms with van der Waals surface area (Å²) in [5, 5.41) is 2.49. The van der Waals surface area contributed by atoms with E-state index in [9.17, 15) is 9.59 Å². The third kappa shape index (κ3) is 3.45. The van der Waals surface area contributed by atoms with Crippen molar-refractivity contribution in [3.8, 4) is 11.5 Å². The van der Waals surface area contributed by atoms with Gasteiger partial charge in [-0.1, -0.05) is 6.07 Å². The first-order chi connectivity index (χ1) is 11.7. The molecule has 2 aromatic rings. The number of aromatic nitrogens is 1. The van der Waals surface area contributed by atoms with Crippen molar-refractivity contribution in [1.82, 2.24) is 4.98 Å². The molecule has 1 aliphatic heterocycles. The SMILES string of the molecule is COc1ccc2c(c1)C(=O)C(OC(=O)Nc1ccccn1)CCO2. The van der Waals surface area contributed by atoms with Crippen molar-refractivity contribution in [3.05, 3.63) is 48.2 Å². The standard InChI is InChI=1S/C17H16N2O5/c1-22-11-5-6-13-12(10-11)16(20)14(7-9-23-13)24-17(21)19-15-4-2-3-8-18-15/h2-6,8,10,14H,7,9H2,1H3,(H,18,19,21). The maximum atomic E-state index is 12.6. The quantitative estimate of drug-likeness (QED) is 0.932. The summed E-state index contributed by atoms with van der Waals surface area (Å²) in [5.41, 5.74) is 0.336. The van der Waals surface area contributed by atoms with Gasteiger partial charge in [0, 0.05) is 12.6 Å². The van der Waals surface area contributed by atoms with E-state index in [1.807, 2.05) is 0 Å². The number of nitrogens with zero attached hydrogens (tertiary/aromatic N) is 1. The first kappa shape index (κ1) is 15.8. The van der Waals surface area contributed by atoms with Crippen LogP contribution in [0.15, 0.2) is 42.6 Å². The second-order valence-corrected chi connectivity index (χ2v) is 5.10. The van der Waals surface area contributed by atoms with E-state index in [0.717, 1.165) is 0 Å². The molecule has 0 bridgehead atoms. The van der Waals surface area contributed by atoms with Gasteiger partial charge in [0.25, 0.3) is 0 Å². The molecule has 124 valence electrons. The molecule has 1 aromatic heterocycles. The number of pyridine rings is 1. The fraction of sp³-hybridized carbons (Fsp3) is 0.235. The normalized spacial score (nSPS) is 16.4. The minimum Gasteiger partial charge on any atom is -0.497 e. The minimum atomic E-state index is -0.929. The maximum absolute atomic E-state index is 12.6. The van der Waals surface area contributed by atoms with Gasteiger partial charge in [0.1, 0.15) is 17.3 Å². The van der Waals surface area contributed by atoms with Gasteiger partial charge in [-0.05, 0) is 30.3 Å². The van der Waals surface area contributed by atoms with Crippen LogP contribution in [0.25, 0.3) is 0 Å². The number of carbonyl (C=O) groups excluding carboxylic acids is 2. The van der Waals surface area contributed by atoms with Crippen molar-refractivity contribution in [2.45, 2.75) is 12.5 Å². The van der Waals surface area contributed by atoms with Gasteiger partial charge in [0.15, 0.2) is 6.10 Å². The van der Waals surface area contributed by atoms with Gasteiger partial charge in [-0.3, -0.25) is 10.1 Å². The number of fused-ring (bicyclic) bond motifs is 1. The van der Waals surface area contributed by atoms with E-state index in [0.29, 0.717) is 22.9 Å². The van der Waals surface area contributed by atoms with Crippen LogP contribution in [0, 0.1) is 0 Å². The molecular formula is C17H16N2O5. The molecule has 7 nitrogen and oxygen atoms in total. The average molecular weight is 328 g/mol. The molecule has 0 spiro atoms. The lowest BCUT2D eigenvalue weighted by Crippen LogP contribution is -2.29. The van der Waals surface area contributed by atoms with Crippen molar-refractivity contribution in [1.29, 1.82) is 0 Å². The molecule has 24 heavy (non-hydrogen) atoms. The molecule has 0 fully saturated rings. The number of hydrogen-bond acceptors (Lipinski definition) is 6. The predicted molar refractivity (Wildman–Crippen MR) is 85.6 cm³/mol. The summed E-state index contributed by atoms with van der Waals surface area (Å²) < 4.78 is 15.9. The zero-order valence-corrected chi connectivity index (χ0v) is 13.0. The minimum absolute atomic E-state index is 0.269. The van der Waals surface area contributed by atoms with Crippen molar-refractivity contribution in [2.24, 2.45) is 0 Å². The van der Waals surface area contributed by atoms with Crippen LogP contribution in [0.3, 0.4) is 0 Å². The first-order valence-corrected chi connectivity index (χ1v) is 7.41. The maximum Gasteiger partial charge on any atom is 0.413 e. The number of ketones is 1. The average Bonchev–Trinajstić information content (AvgIpc) is 2.75. The van der Waals surface area contributed by atoms with E-state index in [4.69, 9.17) is 14.2 Å². The number of Topliss-reactive ketones (excluding diaryl/α,β-unsaturated/α-hetero) is 1. The predicted octanol–water partition coefficient (Wildman–Crippen LogP) is 2.67. The summed E-state index contributed by atoms with van der Waals surface area (Å²) in [6.45, 7) is 0.270. The number of rotatable bonds is 3. The molecule has 1 aromatic carbocycles. The highest BCUT2D eigenvalue weighted by Gasteiger charge is 2.30. The third-order valence-electron chi connectivity index (χ3n) is 3.53. The van der Waals surface area contributed by atoms with Crippen LogP contribution in [-0.2, 0) is 4.74 Å². The Morgan fingerprint density at radius 1 is 1.33 bits per heavy atom. The van der Waals surface area contributed by atoms with E-state index >= 15 is 0 Å². The summed E-state index contributed by atoms with van der Waals surface area (Å²) in [6.07, 6.45) is 0.147. The highest BCUT2D eigenvalue weighted by Crippen LogP contribution is 2.29. The summed E-state index contributed by atoms with van der Waals surface area (Å²) in [7, 11) is 1.51. The number of carbonyl (C=O) groups is 2. The van der Waals surface area contributed by atoms with Gasteiger partial charge in [-0.15, -0.1) is 0 Å². The molecule has 3 rings (SSSR count). The van der Waals surface area contributed by atoms with Crippen molar-refractivity contribution < 1.29 is 23.8 Å². The van der Waals surface area contributed by atoms with Crippen LogP contribution >= 0.6 is 0 Å². The van der Waals surface area contributed by atoms with Gasteiger partial charge in [0.2, 0.25) is 5.78 Å². The third-order valence-corrected chi connectivity index (χ3v) is 3.53. The van der Waals surface area contributed by atoms with E-state index < -0.39 is 12.2 Å². The smallest absolute Gasteiger partial charge is 0.413 e. The van der Waals surface area contributed by atoms with Crippen molar-refractivity contribution in [2.75, 3.05) is 19.0 Å². The van der Waals surface area contributed by atoms with Crippen LogP contribution in [0.2, 0.25) is 0 Å². The molecule has 0 aliphatic carbocycles. The van der Waals surface area contributed by atoms with E-state index in [2.05, 4.69) is 10.3 Å². The van der Waals surface area contributed by atoms with Crippen molar-refractivity contribution >= 4 is 17.7 Å².